The number of carbonyl (C=O) groups excluding carboxylic acids is 1. The molecule has 5 nitrogen and oxygen atoms in total. The first-order valence-electron chi connectivity index (χ1n) is 6.84. The van der Waals surface area contributed by atoms with Gasteiger partial charge >= 0.3 is 0 Å². The number of rotatable bonds is 5. The fourth-order valence-corrected chi connectivity index (χ4v) is 4.26. The Labute approximate surface area is 155 Å². The summed E-state index contributed by atoms with van der Waals surface area (Å²) in [5.74, 6) is -0.361. The third-order valence-corrected chi connectivity index (χ3v) is 6.67. The van der Waals surface area contributed by atoms with Gasteiger partial charge in [-0.3, -0.25) is 4.79 Å². The van der Waals surface area contributed by atoms with E-state index in [2.05, 4.69) is 0 Å². The number of benzene rings is 1. The number of halogens is 2. The topological polar surface area (TPSA) is 57.7 Å². The smallest absolute Gasteiger partial charge is 0.255 e. The lowest BCUT2D eigenvalue weighted by atomic mass is 10.2. The molecular weight excluding hydrogens is 391 g/mol. The number of amides is 1. The first-order valence-corrected chi connectivity index (χ1v) is 9.86. The summed E-state index contributed by atoms with van der Waals surface area (Å²) in [5, 5.41) is 0.203. The van der Waals surface area contributed by atoms with Gasteiger partial charge in [0.1, 0.15) is 0 Å². The van der Waals surface area contributed by atoms with Crippen molar-refractivity contribution in [3.63, 3.8) is 0 Å². The molecule has 1 amide bonds. The monoisotopic (exact) mass is 406 g/mol. The van der Waals surface area contributed by atoms with E-state index in [-0.39, 0.29) is 21.4 Å². The lowest BCUT2D eigenvalue weighted by molar-refractivity contribution is 0.0786. The zero-order valence-electron chi connectivity index (χ0n) is 13.3. The van der Waals surface area contributed by atoms with Crippen LogP contribution < -0.4 is 0 Å². The van der Waals surface area contributed by atoms with Crippen LogP contribution in [-0.2, 0) is 16.6 Å². The van der Waals surface area contributed by atoms with Crippen LogP contribution in [0.4, 0.5) is 0 Å². The molecule has 0 saturated carbocycles. The zero-order valence-corrected chi connectivity index (χ0v) is 16.4. The van der Waals surface area contributed by atoms with Crippen molar-refractivity contribution in [2.75, 3.05) is 21.1 Å². The lowest BCUT2D eigenvalue weighted by Crippen LogP contribution is -2.27. The van der Waals surface area contributed by atoms with Crippen molar-refractivity contribution in [1.29, 1.82) is 0 Å². The fraction of sp³-hybridized carbons (Fsp3) is 0.267. The predicted octanol–water partition coefficient (Wildman–Crippen LogP) is 3.58. The standard InChI is InChI=1S/C15H16Cl2N2O3S2/c1-18(2)24(21,22)11-5-6-13(16)12(8-11)15(20)19(3)9-10-4-7-14(17)23-10/h4-8H,9H2,1-3H3. The van der Waals surface area contributed by atoms with E-state index >= 15 is 0 Å². The second kappa shape index (κ2) is 7.41. The molecular formula is C15H16Cl2N2O3S2. The van der Waals surface area contributed by atoms with Crippen molar-refractivity contribution in [1.82, 2.24) is 9.21 Å². The predicted molar refractivity (Wildman–Crippen MR) is 97.5 cm³/mol. The molecule has 9 heteroatoms. The van der Waals surface area contributed by atoms with Crippen LogP contribution in [-0.4, -0.2) is 44.7 Å². The van der Waals surface area contributed by atoms with E-state index in [1.807, 2.05) is 6.07 Å². The average molecular weight is 407 g/mol. The normalized spacial score (nSPS) is 11.8. The van der Waals surface area contributed by atoms with Crippen LogP contribution >= 0.6 is 34.5 Å². The van der Waals surface area contributed by atoms with Crippen LogP contribution in [0.2, 0.25) is 9.36 Å². The summed E-state index contributed by atoms with van der Waals surface area (Å²) in [6.45, 7) is 0.358. The Morgan fingerprint density at radius 2 is 1.79 bits per heavy atom. The molecule has 0 aliphatic rings. The van der Waals surface area contributed by atoms with Crippen molar-refractivity contribution in [3.8, 4) is 0 Å². The summed E-state index contributed by atoms with van der Waals surface area (Å²) in [4.78, 5) is 15.0. The number of carbonyl (C=O) groups is 1. The highest BCUT2D eigenvalue weighted by molar-refractivity contribution is 7.89. The number of sulfonamides is 1. The van der Waals surface area contributed by atoms with Crippen molar-refractivity contribution in [2.45, 2.75) is 11.4 Å². The van der Waals surface area contributed by atoms with Crippen LogP contribution in [0, 0.1) is 0 Å². The van der Waals surface area contributed by atoms with Crippen LogP contribution in [0.5, 0.6) is 0 Å². The molecule has 1 aromatic heterocycles. The number of thiophene rings is 1. The highest BCUT2D eigenvalue weighted by Gasteiger charge is 2.22. The third kappa shape index (κ3) is 4.10. The minimum Gasteiger partial charge on any atom is -0.337 e. The van der Waals surface area contributed by atoms with Crippen molar-refractivity contribution in [3.05, 3.63) is 50.1 Å². The van der Waals surface area contributed by atoms with E-state index in [9.17, 15) is 13.2 Å². The van der Waals surface area contributed by atoms with E-state index in [4.69, 9.17) is 23.2 Å². The van der Waals surface area contributed by atoms with Crippen LogP contribution in [0.1, 0.15) is 15.2 Å². The number of hydrogen-bond donors (Lipinski definition) is 0. The zero-order chi connectivity index (χ0) is 18.1. The summed E-state index contributed by atoms with van der Waals surface area (Å²) >= 11 is 13.4. The SMILES string of the molecule is CN(Cc1ccc(Cl)s1)C(=O)c1cc(S(=O)(=O)N(C)C)ccc1Cl. The summed E-state index contributed by atoms with van der Waals surface area (Å²) in [6.07, 6.45) is 0. The molecule has 0 aliphatic heterocycles. The largest absolute Gasteiger partial charge is 0.337 e. The number of hydrogen-bond acceptors (Lipinski definition) is 4. The maximum atomic E-state index is 12.6. The van der Waals surface area contributed by atoms with Gasteiger partial charge in [-0.25, -0.2) is 12.7 Å². The van der Waals surface area contributed by atoms with E-state index in [0.717, 1.165) is 9.18 Å². The van der Waals surface area contributed by atoms with Crippen molar-refractivity contribution < 1.29 is 13.2 Å². The van der Waals surface area contributed by atoms with Gasteiger partial charge in [-0.1, -0.05) is 23.2 Å². The molecule has 0 radical (unpaired) electrons. The molecule has 0 N–H and O–H groups in total. The molecule has 1 heterocycles. The molecule has 2 aromatic rings. The lowest BCUT2D eigenvalue weighted by Gasteiger charge is -2.18. The first-order chi connectivity index (χ1) is 11.1. The Morgan fingerprint density at radius 1 is 1.12 bits per heavy atom. The fourth-order valence-electron chi connectivity index (χ4n) is 1.99. The van der Waals surface area contributed by atoms with Crippen molar-refractivity contribution in [2.24, 2.45) is 0 Å². The van der Waals surface area contributed by atoms with Gasteiger partial charge in [-0.05, 0) is 30.3 Å². The minimum absolute atomic E-state index is 0.0211. The van der Waals surface area contributed by atoms with Gasteiger partial charge in [-0.2, -0.15) is 0 Å². The quantitative estimate of drug-likeness (QED) is 0.762. The molecule has 24 heavy (non-hydrogen) atoms. The maximum Gasteiger partial charge on any atom is 0.255 e. The van der Waals surface area contributed by atoms with Gasteiger partial charge in [0.15, 0.2) is 0 Å². The van der Waals surface area contributed by atoms with Crippen molar-refractivity contribution >= 4 is 50.5 Å². The molecule has 2 rings (SSSR count). The summed E-state index contributed by atoms with van der Waals surface area (Å²) in [6, 6.07) is 7.70. The Hall–Kier alpha value is -1.12. The van der Waals surface area contributed by atoms with Crippen LogP contribution in [0.3, 0.4) is 0 Å². The van der Waals surface area contributed by atoms with Gasteiger partial charge < -0.3 is 4.90 Å². The molecule has 0 unspecified atom stereocenters. The van der Waals surface area contributed by atoms with E-state index in [1.54, 1.807) is 13.1 Å². The Balaban J connectivity index is 2.31. The molecule has 0 spiro atoms. The van der Waals surface area contributed by atoms with E-state index < -0.39 is 10.0 Å². The van der Waals surface area contributed by atoms with Gasteiger partial charge in [0.25, 0.3) is 5.91 Å². The average Bonchev–Trinajstić information content (AvgIpc) is 2.91. The Bertz CT molecular complexity index is 863. The molecule has 0 aliphatic carbocycles. The molecule has 0 fully saturated rings. The van der Waals surface area contributed by atoms with Crippen LogP contribution in [0.15, 0.2) is 35.2 Å². The molecule has 0 atom stereocenters. The van der Waals surface area contributed by atoms with Gasteiger partial charge in [-0.15, -0.1) is 11.3 Å². The molecule has 1 aromatic carbocycles. The Morgan fingerprint density at radius 3 is 2.33 bits per heavy atom. The van der Waals surface area contributed by atoms with E-state index in [0.29, 0.717) is 10.9 Å². The summed E-state index contributed by atoms with van der Waals surface area (Å²) in [7, 11) is 0.839. The number of nitrogens with zero attached hydrogens (tertiary/aromatic N) is 2. The highest BCUT2D eigenvalue weighted by atomic mass is 35.5. The summed E-state index contributed by atoms with van der Waals surface area (Å²) in [5.41, 5.74) is 0.143. The van der Waals surface area contributed by atoms with E-state index in [1.165, 1.54) is 48.5 Å². The third-order valence-electron chi connectivity index (χ3n) is 3.32. The highest BCUT2D eigenvalue weighted by Crippen LogP contribution is 2.26. The first kappa shape index (κ1) is 19.2. The van der Waals surface area contributed by atoms with Gasteiger partial charge in [0.05, 0.1) is 26.4 Å². The van der Waals surface area contributed by atoms with Crippen LogP contribution in [0.25, 0.3) is 0 Å². The summed E-state index contributed by atoms with van der Waals surface area (Å²) < 4.78 is 26.2. The molecule has 0 bridgehead atoms. The van der Waals surface area contributed by atoms with Gasteiger partial charge in [0.2, 0.25) is 10.0 Å². The minimum atomic E-state index is -3.64. The Kier molecular flexibility index (Phi) is 5.93. The van der Waals surface area contributed by atoms with Gasteiger partial charge in [0, 0.05) is 26.0 Å². The molecule has 0 saturated heterocycles. The maximum absolute atomic E-state index is 12.6. The second-order valence-corrected chi connectivity index (χ2v) is 9.65. The molecule has 130 valence electrons. The second-order valence-electron chi connectivity index (χ2n) is 5.30.